The number of furan rings is 1. The van der Waals surface area contributed by atoms with Crippen molar-refractivity contribution >= 4 is 40.8 Å². The highest BCUT2D eigenvalue weighted by molar-refractivity contribution is 7.98. The second-order valence-corrected chi connectivity index (χ2v) is 10.1. The third-order valence-electron chi connectivity index (χ3n) is 5.52. The number of benzene rings is 1. The molecule has 1 fully saturated rings. The van der Waals surface area contributed by atoms with Gasteiger partial charge in [-0.2, -0.15) is 0 Å². The van der Waals surface area contributed by atoms with E-state index in [9.17, 15) is 4.79 Å². The maximum absolute atomic E-state index is 12.2. The quantitative estimate of drug-likeness (QED) is 0.344. The number of piperazine rings is 1. The summed E-state index contributed by atoms with van der Waals surface area (Å²) in [5.41, 5.74) is 2.00. The number of aryl methyl sites for hydroxylation is 1. The fourth-order valence-electron chi connectivity index (χ4n) is 3.73. The van der Waals surface area contributed by atoms with Crippen molar-refractivity contribution in [3.8, 4) is 0 Å². The summed E-state index contributed by atoms with van der Waals surface area (Å²) in [6, 6.07) is 13.5. The van der Waals surface area contributed by atoms with Crippen molar-refractivity contribution in [1.82, 2.24) is 15.3 Å². The van der Waals surface area contributed by atoms with Crippen LogP contribution in [-0.2, 0) is 5.75 Å². The molecule has 1 saturated heterocycles. The van der Waals surface area contributed by atoms with Crippen molar-refractivity contribution in [2.24, 2.45) is 5.92 Å². The van der Waals surface area contributed by atoms with Crippen LogP contribution in [-0.4, -0.2) is 48.6 Å². The van der Waals surface area contributed by atoms with E-state index in [1.165, 1.54) is 11.8 Å². The molecule has 1 aliphatic heterocycles. The summed E-state index contributed by atoms with van der Waals surface area (Å²) in [5, 5.41) is 4.36. The number of amides is 1. The van der Waals surface area contributed by atoms with Crippen LogP contribution in [0, 0.1) is 12.8 Å². The number of thioether (sulfide) groups is 1. The van der Waals surface area contributed by atoms with Gasteiger partial charge in [-0.1, -0.05) is 49.3 Å². The van der Waals surface area contributed by atoms with Gasteiger partial charge in [0.05, 0.1) is 16.5 Å². The van der Waals surface area contributed by atoms with Gasteiger partial charge in [0.25, 0.3) is 5.91 Å². The number of hydrogen-bond acceptors (Lipinski definition) is 7. The highest BCUT2D eigenvalue weighted by Crippen LogP contribution is 2.28. The standard InChI is InChI=1S/C25H30ClN5O2S/c1-17(2)15-27-24(32)22-9-8-19(33-22)16-34-25-28-18(3)14-23(29-25)31-12-10-30(11-13-31)21-7-5-4-6-20(21)26/h4-9,14,17H,10-13,15-16H2,1-3H3,(H,27,32). The molecule has 4 rings (SSSR count). The highest BCUT2D eigenvalue weighted by Gasteiger charge is 2.21. The van der Waals surface area contributed by atoms with E-state index >= 15 is 0 Å². The monoisotopic (exact) mass is 499 g/mol. The van der Waals surface area contributed by atoms with E-state index < -0.39 is 0 Å². The van der Waals surface area contributed by atoms with Crippen LogP contribution < -0.4 is 15.1 Å². The number of hydrogen-bond donors (Lipinski definition) is 1. The normalized spacial score (nSPS) is 14.0. The molecule has 180 valence electrons. The molecule has 0 atom stereocenters. The predicted molar refractivity (Wildman–Crippen MR) is 138 cm³/mol. The van der Waals surface area contributed by atoms with E-state index in [1.807, 2.05) is 37.3 Å². The molecule has 1 aliphatic rings. The SMILES string of the molecule is Cc1cc(N2CCN(c3ccccc3Cl)CC2)nc(SCc2ccc(C(=O)NCC(C)C)o2)n1. The Kier molecular flexibility index (Phi) is 8.00. The van der Waals surface area contributed by atoms with Crippen molar-refractivity contribution < 1.29 is 9.21 Å². The van der Waals surface area contributed by atoms with Gasteiger partial charge in [-0.05, 0) is 37.1 Å². The molecule has 1 amide bonds. The van der Waals surface area contributed by atoms with Gasteiger partial charge < -0.3 is 19.5 Å². The first kappa shape index (κ1) is 24.4. The summed E-state index contributed by atoms with van der Waals surface area (Å²) < 4.78 is 5.72. The minimum absolute atomic E-state index is 0.185. The number of nitrogens with zero attached hydrogens (tertiary/aromatic N) is 4. The molecule has 0 spiro atoms. The number of aromatic nitrogens is 2. The Morgan fingerprint density at radius 2 is 1.85 bits per heavy atom. The van der Waals surface area contributed by atoms with Crippen LogP contribution in [0.2, 0.25) is 5.02 Å². The number of para-hydroxylation sites is 1. The summed E-state index contributed by atoms with van der Waals surface area (Å²) in [7, 11) is 0. The summed E-state index contributed by atoms with van der Waals surface area (Å²) in [5.74, 6) is 2.75. The van der Waals surface area contributed by atoms with E-state index in [4.69, 9.17) is 21.0 Å². The van der Waals surface area contributed by atoms with E-state index in [1.54, 1.807) is 6.07 Å². The first-order chi connectivity index (χ1) is 16.4. The van der Waals surface area contributed by atoms with Crippen molar-refractivity contribution in [2.45, 2.75) is 31.7 Å². The number of nitrogens with one attached hydrogen (secondary N) is 1. The Morgan fingerprint density at radius 3 is 2.59 bits per heavy atom. The number of anilines is 2. The van der Waals surface area contributed by atoms with Gasteiger partial charge in [0, 0.05) is 44.5 Å². The Hall–Kier alpha value is -2.71. The highest BCUT2D eigenvalue weighted by atomic mass is 35.5. The third kappa shape index (κ3) is 6.24. The van der Waals surface area contributed by atoms with E-state index in [2.05, 4.69) is 40.0 Å². The first-order valence-electron chi connectivity index (χ1n) is 11.5. The van der Waals surface area contributed by atoms with Gasteiger partial charge in [-0.25, -0.2) is 9.97 Å². The van der Waals surface area contributed by atoms with Gasteiger partial charge in [0.1, 0.15) is 11.6 Å². The van der Waals surface area contributed by atoms with E-state index in [-0.39, 0.29) is 5.91 Å². The van der Waals surface area contributed by atoms with Crippen LogP contribution in [0.1, 0.15) is 35.9 Å². The van der Waals surface area contributed by atoms with Crippen LogP contribution >= 0.6 is 23.4 Å². The van der Waals surface area contributed by atoms with Crippen LogP contribution in [0.3, 0.4) is 0 Å². The Bertz CT molecular complexity index is 1130. The molecule has 9 heteroatoms. The van der Waals surface area contributed by atoms with Crippen molar-refractivity contribution in [3.63, 3.8) is 0 Å². The largest absolute Gasteiger partial charge is 0.455 e. The molecular weight excluding hydrogens is 470 g/mol. The van der Waals surface area contributed by atoms with Gasteiger partial charge in [0.15, 0.2) is 10.9 Å². The smallest absolute Gasteiger partial charge is 0.287 e. The average Bonchev–Trinajstić information content (AvgIpc) is 3.31. The number of halogens is 1. The van der Waals surface area contributed by atoms with Crippen molar-refractivity contribution in [1.29, 1.82) is 0 Å². The fourth-order valence-corrected chi connectivity index (χ4v) is 4.78. The van der Waals surface area contributed by atoms with Gasteiger partial charge in [0.2, 0.25) is 0 Å². The van der Waals surface area contributed by atoms with E-state index in [0.717, 1.165) is 54.2 Å². The van der Waals surface area contributed by atoms with Crippen LogP contribution in [0.4, 0.5) is 11.5 Å². The Morgan fingerprint density at radius 1 is 1.12 bits per heavy atom. The number of carbonyl (C=O) groups is 1. The molecule has 1 aromatic carbocycles. The molecule has 0 aliphatic carbocycles. The minimum atomic E-state index is -0.185. The topological polar surface area (TPSA) is 74.5 Å². The maximum atomic E-state index is 12.2. The summed E-state index contributed by atoms with van der Waals surface area (Å²) in [6.45, 7) is 10.2. The maximum Gasteiger partial charge on any atom is 0.287 e. The Labute approximate surface area is 209 Å². The Balaban J connectivity index is 1.35. The zero-order valence-corrected chi connectivity index (χ0v) is 21.3. The molecule has 0 saturated carbocycles. The third-order valence-corrected chi connectivity index (χ3v) is 6.71. The lowest BCUT2D eigenvalue weighted by Gasteiger charge is -2.37. The molecule has 7 nitrogen and oxygen atoms in total. The summed E-state index contributed by atoms with van der Waals surface area (Å²) in [6.07, 6.45) is 0. The predicted octanol–water partition coefficient (Wildman–Crippen LogP) is 5.04. The molecule has 1 N–H and O–H groups in total. The van der Waals surface area contributed by atoms with Crippen LogP contribution in [0.15, 0.2) is 52.0 Å². The number of carbonyl (C=O) groups excluding carboxylic acids is 1. The molecule has 3 heterocycles. The lowest BCUT2D eigenvalue weighted by Crippen LogP contribution is -2.47. The lowest BCUT2D eigenvalue weighted by molar-refractivity contribution is 0.0920. The number of rotatable bonds is 8. The lowest BCUT2D eigenvalue weighted by atomic mass is 10.2. The molecule has 0 bridgehead atoms. The molecular formula is C25H30ClN5O2S. The zero-order chi connectivity index (χ0) is 24.1. The average molecular weight is 500 g/mol. The molecule has 2 aromatic heterocycles. The summed E-state index contributed by atoms with van der Waals surface area (Å²) >= 11 is 7.88. The molecule has 34 heavy (non-hydrogen) atoms. The second kappa shape index (κ2) is 11.1. The first-order valence-corrected chi connectivity index (χ1v) is 12.8. The molecule has 3 aromatic rings. The van der Waals surface area contributed by atoms with Gasteiger partial charge in [-0.3, -0.25) is 4.79 Å². The van der Waals surface area contributed by atoms with Gasteiger partial charge >= 0.3 is 0 Å². The molecule has 0 unspecified atom stereocenters. The van der Waals surface area contributed by atoms with Crippen LogP contribution in [0.5, 0.6) is 0 Å². The van der Waals surface area contributed by atoms with Crippen molar-refractivity contribution in [3.05, 3.63) is 64.7 Å². The minimum Gasteiger partial charge on any atom is -0.455 e. The van der Waals surface area contributed by atoms with E-state index in [0.29, 0.717) is 29.1 Å². The molecule has 0 radical (unpaired) electrons. The van der Waals surface area contributed by atoms with Crippen molar-refractivity contribution in [2.75, 3.05) is 42.5 Å². The van der Waals surface area contributed by atoms with Crippen LogP contribution in [0.25, 0.3) is 0 Å². The zero-order valence-electron chi connectivity index (χ0n) is 19.8. The van der Waals surface area contributed by atoms with Gasteiger partial charge in [-0.15, -0.1) is 0 Å². The fraction of sp³-hybridized carbons (Fsp3) is 0.400. The second-order valence-electron chi connectivity index (χ2n) is 8.73. The summed E-state index contributed by atoms with van der Waals surface area (Å²) in [4.78, 5) is 26.2.